The Bertz CT molecular complexity index is 869. The van der Waals surface area contributed by atoms with Crippen LogP contribution >= 0.6 is 27.7 Å². The van der Waals surface area contributed by atoms with Crippen LogP contribution in [0.1, 0.15) is 12.5 Å². The van der Waals surface area contributed by atoms with Crippen LogP contribution in [0.2, 0.25) is 0 Å². The maximum absolute atomic E-state index is 12.5. The van der Waals surface area contributed by atoms with E-state index in [-0.39, 0.29) is 24.6 Å². The molecule has 0 aromatic heterocycles. The first-order chi connectivity index (χ1) is 13.3. The molecule has 2 aliphatic rings. The number of hydrogen-bond donors (Lipinski definition) is 2. The van der Waals surface area contributed by atoms with Gasteiger partial charge < -0.3 is 15.2 Å². The van der Waals surface area contributed by atoms with Crippen LogP contribution in [0.25, 0.3) is 0 Å². The van der Waals surface area contributed by atoms with Crippen molar-refractivity contribution in [2.75, 3.05) is 12.4 Å². The molecule has 1 saturated heterocycles. The minimum absolute atomic E-state index is 0.119. The third-order valence-corrected chi connectivity index (χ3v) is 6.16. The predicted octanol–water partition coefficient (Wildman–Crippen LogP) is 1.29. The third kappa shape index (κ3) is 4.22. The van der Waals surface area contributed by atoms with Crippen molar-refractivity contribution in [3.63, 3.8) is 0 Å². The number of benzene rings is 1. The highest BCUT2D eigenvalue weighted by Gasteiger charge is 2.54. The summed E-state index contributed by atoms with van der Waals surface area (Å²) in [7, 11) is 0. The van der Waals surface area contributed by atoms with E-state index in [0.717, 1.165) is 14.9 Å². The van der Waals surface area contributed by atoms with E-state index in [1.54, 1.807) is 12.1 Å². The number of nitrogens with zero attached hydrogens (tertiary/aromatic N) is 1. The van der Waals surface area contributed by atoms with Crippen molar-refractivity contribution in [1.29, 1.82) is 0 Å². The predicted molar refractivity (Wildman–Crippen MR) is 104 cm³/mol. The Labute approximate surface area is 173 Å². The Hall–Kier alpha value is -2.33. The minimum atomic E-state index is -1.26. The molecule has 2 atom stereocenters. The average molecular weight is 469 g/mol. The van der Waals surface area contributed by atoms with Gasteiger partial charge in [0.1, 0.15) is 23.7 Å². The number of thioether (sulfide) groups is 1. The summed E-state index contributed by atoms with van der Waals surface area (Å²) in [5.41, 5.74) is 0.987. The number of carboxylic acid groups (broad SMARTS) is 1. The molecule has 3 rings (SSSR count). The number of ether oxygens (including phenoxy) is 1. The monoisotopic (exact) mass is 468 g/mol. The smallest absolute Gasteiger partial charge is 0.352 e. The van der Waals surface area contributed by atoms with E-state index < -0.39 is 29.3 Å². The van der Waals surface area contributed by atoms with Crippen LogP contribution < -0.4 is 5.32 Å². The second-order valence-corrected chi connectivity index (χ2v) is 8.32. The molecule has 1 fully saturated rings. The molecule has 0 saturated carbocycles. The Morgan fingerprint density at radius 2 is 2.00 bits per heavy atom. The Morgan fingerprint density at radius 1 is 1.32 bits per heavy atom. The van der Waals surface area contributed by atoms with Gasteiger partial charge in [0, 0.05) is 22.7 Å². The van der Waals surface area contributed by atoms with Crippen LogP contribution in [-0.4, -0.2) is 57.5 Å². The van der Waals surface area contributed by atoms with Gasteiger partial charge in [-0.3, -0.25) is 19.3 Å². The molecular weight excluding hydrogens is 452 g/mol. The number of fused-ring (bicyclic) bond motifs is 1. The zero-order valence-corrected chi connectivity index (χ0v) is 17.2. The quantitative estimate of drug-likeness (QED) is 0.477. The summed E-state index contributed by atoms with van der Waals surface area (Å²) >= 11 is 4.65. The van der Waals surface area contributed by atoms with Crippen molar-refractivity contribution in [1.82, 2.24) is 10.2 Å². The van der Waals surface area contributed by atoms with Crippen molar-refractivity contribution in [3.8, 4) is 0 Å². The van der Waals surface area contributed by atoms with Crippen molar-refractivity contribution >= 4 is 51.4 Å². The van der Waals surface area contributed by atoms with E-state index >= 15 is 0 Å². The lowest BCUT2D eigenvalue weighted by Crippen LogP contribution is -2.70. The number of nitrogens with one attached hydrogen (secondary N) is 1. The Balaban J connectivity index is 1.67. The molecule has 2 heterocycles. The fourth-order valence-corrected chi connectivity index (χ4v) is 4.59. The fourth-order valence-electron chi connectivity index (χ4n) is 3.00. The number of hydrogen-bond acceptors (Lipinski definition) is 6. The molecule has 2 aliphatic heterocycles. The van der Waals surface area contributed by atoms with Gasteiger partial charge in [0.15, 0.2) is 0 Å². The number of halogens is 1. The second-order valence-electron chi connectivity index (χ2n) is 6.30. The number of carbonyl (C=O) groups is 4. The van der Waals surface area contributed by atoms with Crippen molar-refractivity contribution in [2.45, 2.75) is 24.8 Å². The number of β-lactam (4-membered cyclic amide) rings is 1. The molecule has 0 spiro atoms. The zero-order valence-electron chi connectivity index (χ0n) is 14.8. The van der Waals surface area contributed by atoms with Crippen LogP contribution in [0.4, 0.5) is 0 Å². The van der Waals surface area contributed by atoms with Crippen LogP contribution in [0.15, 0.2) is 40.0 Å². The van der Waals surface area contributed by atoms with Crippen LogP contribution in [-0.2, 0) is 30.3 Å². The van der Waals surface area contributed by atoms with Crippen LogP contribution in [0, 0.1) is 0 Å². The summed E-state index contributed by atoms with van der Waals surface area (Å²) in [5.74, 6) is -2.30. The molecule has 8 nitrogen and oxygen atoms in total. The maximum Gasteiger partial charge on any atom is 0.352 e. The molecule has 1 aromatic carbocycles. The van der Waals surface area contributed by atoms with E-state index in [9.17, 15) is 24.3 Å². The van der Waals surface area contributed by atoms with E-state index in [4.69, 9.17) is 4.74 Å². The van der Waals surface area contributed by atoms with Gasteiger partial charge >= 0.3 is 11.9 Å². The molecule has 0 bridgehead atoms. The number of esters is 1. The van der Waals surface area contributed by atoms with Gasteiger partial charge in [0.2, 0.25) is 5.91 Å². The van der Waals surface area contributed by atoms with Gasteiger partial charge in [-0.2, -0.15) is 0 Å². The van der Waals surface area contributed by atoms with Crippen molar-refractivity contribution in [2.24, 2.45) is 0 Å². The first-order valence-corrected chi connectivity index (χ1v) is 10.2. The molecule has 0 aliphatic carbocycles. The molecule has 10 heteroatoms. The Kier molecular flexibility index (Phi) is 6.09. The molecule has 1 aromatic rings. The summed E-state index contributed by atoms with van der Waals surface area (Å²) in [6, 6.07) is 6.48. The highest BCUT2D eigenvalue weighted by atomic mass is 79.9. The standard InChI is InChI=1S/C18H17BrN2O6S/c1-9(22)27-7-11-8-28-17-14(16(24)21(17)15(11)18(25)26)20-13(23)6-10-2-4-12(19)5-3-10/h2-5,14,17H,6-8H2,1H3,(H,20,23)(H,25,26). The highest BCUT2D eigenvalue weighted by Crippen LogP contribution is 2.40. The largest absolute Gasteiger partial charge is 0.477 e. The van der Waals surface area contributed by atoms with Crippen LogP contribution in [0.3, 0.4) is 0 Å². The molecule has 148 valence electrons. The first-order valence-electron chi connectivity index (χ1n) is 8.35. The van der Waals surface area contributed by atoms with Crippen molar-refractivity contribution in [3.05, 3.63) is 45.6 Å². The molecule has 28 heavy (non-hydrogen) atoms. The van der Waals surface area contributed by atoms with Gasteiger partial charge in [-0.05, 0) is 17.7 Å². The number of carbonyl (C=O) groups excluding carboxylic acids is 3. The van der Waals surface area contributed by atoms with E-state index in [1.807, 2.05) is 12.1 Å². The van der Waals surface area contributed by atoms with E-state index in [1.165, 1.54) is 18.7 Å². The average Bonchev–Trinajstić information content (AvgIpc) is 2.65. The lowest BCUT2D eigenvalue weighted by molar-refractivity contribution is -0.151. The zero-order chi connectivity index (χ0) is 20.4. The number of amides is 2. The number of aliphatic carboxylic acids is 1. The fraction of sp³-hybridized carbons (Fsp3) is 0.333. The molecule has 2 unspecified atom stereocenters. The van der Waals surface area contributed by atoms with Gasteiger partial charge in [-0.25, -0.2) is 4.79 Å². The van der Waals surface area contributed by atoms with E-state index in [2.05, 4.69) is 21.2 Å². The lowest BCUT2D eigenvalue weighted by atomic mass is 10.0. The molecule has 2 amide bonds. The number of rotatable bonds is 6. The highest BCUT2D eigenvalue weighted by molar-refractivity contribution is 9.10. The van der Waals surface area contributed by atoms with Crippen molar-refractivity contribution < 1.29 is 29.0 Å². The number of carboxylic acids is 1. The summed E-state index contributed by atoms with van der Waals surface area (Å²) in [6.45, 7) is 1.05. The van der Waals surface area contributed by atoms with Gasteiger partial charge in [0.05, 0.1) is 6.42 Å². The first kappa shape index (κ1) is 20.4. The van der Waals surface area contributed by atoms with Gasteiger partial charge in [-0.1, -0.05) is 28.1 Å². The lowest BCUT2D eigenvalue weighted by Gasteiger charge is -2.49. The van der Waals surface area contributed by atoms with Crippen LogP contribution in [0.5, 0.6) is 0 Å². The van der Waals surface area contributed by atoms with Gasteiger partial charge in [-0.15, -0.1) is 11.8 Å². The molecule has 0 radical (unpaired) electrons. The summed E-state index contributed by atoms with van der Waals surface area (Å²) < 4.78 is 5.79. The summed E-state index contributed by atoms with van der Waals surface area (Å²) in [5, 5.41) is 11.7. The SMILES string of the molecule is CC(=O)OCC1=C(C(=O)O)N2C(=O)C(NC(=O)Cc3ccc(Br)cc3)C2SC1. The maximum atomic E-state index is 12.5. The summed E-state index contributed by atoms with van der Waals surface area (Å²) in [6.07, 6.45) is 0.119. The topological polar surface area (TPSA) is 113 Å². The normalized spacial score (nSPS) is 20.9. The molecule has 2 N–H and O–H groups in total. The molecular formula is C18H17BrN2O6S. The minimum Gasteiger partial charge on any atom is -0.477 e. The second kappa shape index (κ2) is 8.36. The third-order valence-electron chi connectivity index (χ3n) is 4.29. The Morgan fingerprint density at radius 3 is 2.61 bits per heavy atom. The van der Waals surface area contributed by atoms with Gasteiger partial charge in [0.25, 0.3) is 5.91 Å². The summed E-state index contributed by atoms with van der Waals surface area (Å²) in [4.78, 5) is 48.6. The van der Waals surface area contributed by atoms with E-state index in [0.29, 0.717) is 11.3 Å².